The summed E-state index contributed by atoms with van der Waals surface area (Å²) in [5.74, 6) is 0.265. The van der Waals surface area contributed by atoms with E-state index in [1.807, 2.05) is 13.0 Å². The molecule has 1 saturated carbocycles. The van der Waals surface area contributed by atoms with E-state index in [4.69, 9.17) is 28.3 Å². The van der Waals surface area contributed by atoms with Gasteiger partial charge in [0.2, 0.25) is 12.8 Å². The SMILES string of the molecule is C=C(F)/C(Cl)=C\C=C/C.C\C(=C/C(Cl)=C(F)\C=C\[C@H]1[C@@H](C)CN[C@@H]1CC(C)(C)C)NC=O.O=CNCC[C@H]1CC[C@@H](O)C1. The van der Waals surface area contributed by atoms with Gasteiger partial charge in [-0.1, -0.05) is 75.7 Å². The number of hydrogen-bond acceptors (Lipinski definition) is 4. The predicted molar refractivity (Wildman–Crippen MR) is 176 cm³/mol. The van der Waals surface area contributed by atoms with E-state index in [-0.39, 0.29) is 27.5 Å². The average Bonchev–Trinajstić information content (AvgIpc) is 3.49. The lowest BCUT2D eigenvalue weighted by Crippen LogP contribution is -2.31. The number of halogens is 4. The first kappa shape index (κ1) is 40.7. The van der Waals surface area contributed by atoms with Crippen LogP contribution in [0.3, 0.4) is 0 Å². The number of carbonyl (C=O) groups excluding carboxylic acids is 2. The molecule has 6 nitrogen and oxygen atoms in total. The van der Waals surface area contributed by atoms with Crippen molar-refractivity contribution in [2.45, 2.75) is 85.8 Å². The number of allylic oxidation sites excluding steroid dienone is 10. The van der Waals surface area contributed by atoms with E-state index in [1.54, 1.807) is 19.1 Å². The van der Waals surface area contributed by atoms with E-state index >= 15 is 0 Å². The molecule has 2 fully saturated rings. The van der Waals surface area contributed by atoms with E-state index in [9.17, 15) is 18.4 Å². The first-order valence-electron chi connectivity index (χ1n) is 14.7. The van der Waals surface area contributed by atoms with Crippen LogP contribution in [-0.2, 0) is 9.59 Å². The molecule has 0 bridgehead atoms. The van der Waals surface area contributed by atoms with Crippen molar-refractivity contribution in [3.8, 4) is 0 Å². The zero-order valence-corrected chi connectivity index (χ0v) is 27.9. The first-order valence-corrected chi connectivity index (χ1v) is 15.4. The van der Waals surface area contributed by atoms with Crippen LogP contribution in [0.5, 0.6) is 0 Å². The molecular weight excluding hydrogens is 595 g/mol. The Morgan fingerprint density at radius 2 is 1.84 bits per heavy atom. The minimum Gasteiger partial charge on any atom is -0.393 e. The van der Waals surface area contributed by atoms with E-state index in [0.717, 1.165) is 51.6 Å². The van der Waals surface area contributed by atoms with Gasteiger partial charge in [0.05, 0.1) is 16.2 Å². The van der Waals surface area contributed by atoms with Crippen LogP contribution in [0.25, 0.3) is 0 Å². The first-order chi connectivity index (χ1) is 20.1. The van der Waals surface area contributed by atoms with Crippen LogP contribution >= 0.6 is 23.2 Å². The molecule has 4 N–H and O–H groups in total. The monoisotopic (exact) mass is 645 g/mol. The third-order valence-electron chi connectivity index (χ3n) is 6.97. The molecule has 10 heteroatoms. The highest BCUT2D eigenvalue weighted by molar-refractivity contribution is 6.32. The molecule has 0 aromatic rings. The van der Waals surface area contributed by atoms with Crippen LogP contribution in [0.4, 0.5) is 8.78 Å². The highest BCUT2D eigenvalue weighted by Gasteiger charge is 2.33. The van der Waals surface area contributed by atoms with Crippen molar-refractivity contribution >= 4 is 36.0 Å². The van der Waals surface area contributed by atoms with Crippen LogP contribution in [-0.4, -0.2) is 43.2 Å². The Morgan fingerprint density at radius 1 is 1.16 bits per heavy atom. The lowest BCUT2D eigenvalue weighted by molar-refractivity contribution is -0.110. The summed E-state index contributed by atoms with van der Waals surface area (Å²) >= 11 is 11.3. The number of rotatable bonds is 12. The van der Waals surface area contributed by atoms with Crippen LogP contribution in [0.1, 0.15) is 73.6 Å². The van der Waals surface area contributed by atoms with Crippen molar-refractivity contribution in [3.63, 3.8) is 0 Å². The maximum atomic E-state index is 14.1. The summed E-state index contributed by atoms with van der Waals surface area (Å²) in [5, 5.41) is 17.8. The number of carbonyl (C=O) groups is 2. The molecular formula is C33H51Cl2F2N3O3. The molecule has 2 aliphatic rings. The highest BCUT2D eigenvalue weighted by atomic mass is 35.5. The fourth-order valence-corrected chi connectivity index (χ4v) is 5.09. The fraction of sp³-hybridized carbons (Fsp3) is 0.576. The van der Waals surface area contributed by atoms with Crippen molar-refractivity contribution in [2.24, 2.45) is 23.2 Å². The molecule has 2 amide bonds. The fourth-order valence-electron chi connectivity index (χ4n) is 4.79. The molecule has 1 aliphatic heterocycles. The third kappa shape index (κ3) is 19.6. The van der Waals surface area contributed by atoms with E-state index in [2.05, 4.69) is 50.2 Å². The second-order valence-corrected chi connectivity index (χ2v) is 12.9. The number of aliphatic hydroxyl groups excluding tert-OH is 1. The molecule has 0 aromatic heterocycles. The second-order valence-electron chi connectivity index (χ2n) is 12.1. The Balaban J connectivity index is 0.000000726. The van der Waals surface area contributed by atoms with Gasteiger partial charge >= 0.3 is 0 Å². The molecule has 5 atom stereocenters. The van der Waals surface area contributed by atoms with Crippen molar-refractivity contribution < 1.29 is 23.5 Å². The van der Waals surface area contributed by atoms with Crippen LogP contribution in [0, 0.1) is 23.2 Å². The van der Waals surface area contributed by atoms with Gasteiger partial charge in [-0.3, -0.25) is 9.59 Å². The summed E-state index contributed by atoms with van der Waals surface area (Å²) in [6.07, 6.45) is 15.8. The molecule has 1 aliphatic carbocycles. The van der Waals surface area contributed by atoms with Crippen LogP contribution in [0.15, 0.2) is 70.5 Å². The number of amides is 2. The summed E-state index contributed by atoms with van der Waals surface area (Å²) in [4.78, 5) is 20.2. The van der Waals surface area contributed by atoms with Crippen molar-refractivity contribution in [3.05, 3.63) is 70.5 Å². The lowest BCUT2D eigenvalue weighted by Gasteiger charge is -2.27. The van der Waals surface area contributed by atoms with Crippen LogP contribution in [0.2, 0.25) is 0 Å². The standard InChI is InChI=1S/C18H28ClFN2O.C8H15NO2.C7H8ClF/c1-12-10-21-17(9-18(3,4)5)14(12)6-7-16(20)15(19)8-13(2)22-11-23;10-6-9-4-3-7-1-2-8(11)5-7;1-3-4-5-7(8)6(2)9/h6-8,11-12,14,17,21H,9-10H2,1-5H3,(H,22,23);6-8,11H,1-5H2,(H,9,10);3-5H,2H2,1H3/b7-6+,13-8+,16-15-;;4-3-,7-5+/t12-,14-,17+;7-,8-;/m01./s1. The Hall–Kier alpha value is -2.26. The highest BCUT2D eigenvalue weighted by Crippen LogP contribution is 2.33. The zero-order chi connectivity index (χ0) is 33.0. The van der Waals surface area contributed by atoms with E-state index < -0.39 is 11.7 Å². The number of nitrogens with one attached hydrogen (secondary N) is 3. The Bertz CT molecular complexity index is 1020. The Labute approximate surface area is 267 Å². The molecule has 43 heavy (non-hydrogen) atoms. The van der Waals surface area contributed by atoms with Gasteiger partial charge in [-0.15, -0.1) is 0 Å². The van der Waals surface area contributed by atoms with Gasteiger partial charge in [0.15, 0.2) is 0 Å². The summed E-state index contributed by atoms with van der Waals surface area (Å²) in [6.45, 7) is 17.0. The average molecular weight is 647 g/mol. The molecule has 0 spiro atoms. The summed E-state index contributed by atoms with van der Waals surface area (Å²) in [5.41, 5.74) is 0.718. The smallest absolute Gasteiger partial charge is 0.211 e. The maximum Gasteiger partial charge on any atom is 0.211 e. The van der Waals surface area contributed by atoms with E-state index in [0.29, 0.717) is 30.0 Å². The Kier molecular flexibility index (Phi) is 21.1. The Morgan fingerprint density at radius 3 is 2.35 bits per heavy atom. The van der Waals surface area contributed by atoms with Gasteiger partial charge in [0, 0.05) is 18.3 Å². The van der Waals surface area contributed by atoms with Gasteiger partial charge in [-0.2, -0.15) is 0 Å². The third-order valence-corrected chi connectivity index (χ3v) is 7.59. The summed E-state index contributed by atoms with van der Waals surface area (Å²) < 4.78 is 26.1. The molecule has 0 unspecified atom stereocenters. The molecule has 1 saturated heterocycles. The molecule has 0 radical (unpaired) electrons. The summed E-state index contributed by atoms with van der Waals surface area (Å²) in [6, 6.07) is 0.349. The van der Waals surface area contributed by atoms with Crippen molar-refractivity contribution in [1.29, 1.82) is 0 Å². The van der Waals surface area contributed by atoms with Crippen LogP contribution < -0.4 is 16.0 Å². The number of aliphatic hydroxyl groups is 1. The largest absolute Gasteiger partial charge is 0.393 e. The van der Waals surface area contributed by atoms with Gasteiger partial charge < -0.3 is 21.1 Å². The van der Waals surface area contributed by atoms with Crippen molar-refractivity contribution in [2.75, 3.05) is 13.1 Å². The molecule has 244 valence electrons. The van der Waals surface area contributed by atoms with Gasteiger partial charge in [-0.05, 0) is 93.9 Å². The van der Waals surface area contributed by atoms with Gasteiger partial charge in [-0.25, -0.2) is 8.78 Å². The second kappa shape index (κ2) is 22.3. The normalized spacial score (nSPS) is 25.0. The molecule has 0 aromatic carbocycles. The quantitative estimate of drug-likeness (QED) is 0.0993. The zero-order valence-electron chi connectivity index (χ0n) is 26.4. The van der Waals surface area contributed by atoms with Gasteiger partial charge in [0.1, 0.15) is 11.7 Å². The number of hydrogen-bond donors (Lipinski definition) is 4. The van der Waals surface area contributed by atoms with Crippen molar-refractivity contribution in [1.82, 2.24) is 16.0 Å². The summed E-state index contributed by atoms with van der Waals surface area (Å²) in [7, 11) is 0. The predicted octanol–water partition coefficient (Wildman–Crippen LogP) is 7.72. The lowest BCUT2D eigenvalue weighted by atomic mass is 9.81. The molecule has 1 heterocycles. The van der Waals surface area contributed by atoms with E-state index in [1.165, 1.54) is 18.2 Å². The maximum absolute atomic E-state index is 14.1. The van der Waals surface area contributed by atoms with Gasteiger partial charge in [0.25, 0.3) is 0 Å². The minimum atomic E-state index is -0.602. The topological polar surface area (TPSA) is 90.5 Å². The molecule has 2 rings (SSSR count). The minimum absolute atomic E-state index is 0.0147.